The molecule has 0 atom stereocenters. The Morgan fingerprint density at radius 3 is 2.38 bits per heavy atom. The third-order valence-electron chi connectivity index (χ3n) is 5.34. The monoisotopic (exact) mass is 396 g/mol. The topological polar surface area (TPSA) is 28.7 Å². The molecule has 0 saturated carbocycles. The second-order valence-electron chi connectivity index (χ2n) is 7.23. The molecule has 4 rings (SSSR count). The summed E-state index contributed by atoms with van der Waals surface area (Å²) in [5.74, 6) is 0. The maximum absolute atomic E-state index is 9.81. The molecule has 0 unspecified atom stereocenters. The normalized spacial score (nSPS) is 11.6. The Kier molecular flexibility index (Phi) is 5.25. The van der Waals surface area contributed by atoms with Crippen molar-refractivity contribution in [2.24, 2.45) is 0 Å². The van der Waals surface area contributed by atoms with E-state index in [1.165, 1.54) is 5.56 Å². The Bertz CT molecular complexity index is 1250. The second-order valence-corrected chi connectivity index (χ2v) is 7.64. The fourth-order valence-electron chi connectivity index (χ4n) is 3.70. The number of aromatic nitrogens is 1. The number of aryl methyl sites for hydroxylation is 1. The summed E-state index contributed by atoms with van der Waals surface area (Å²) >= 11 is 6.42. The lowest BCUT2D eigenvalue weighted by molar-refractivity contribution is 0.804. The van der Waals surface area contributed by atoms with Gasteiger partial charge in [0.15, 0.2) is 0 Å². The number of nitrogens with zero attached hydrogens (tertiary/aromatic N) is 2. The molecule has 0 saturated heterocycles. The molecular weight excluding hydrogens is 376 g/mol. The van der Waals surface area contributed by atoms with E-state index in [0.29, 0.717) is 12.1 Å². The lowest BCUT2D eigenvalue weighted by Gasteiger charge is -2.10. The van der Waals surface area contributed by atoms with Crippen LogP contribution in [0, 0.1) is 25.2 Å². The van der Waals surface area contributed by atoms with E-state index in [9.17, 15) is 5.26 Å². The van der Waals surface area contributed by atoms with E-state index in [4.69, 9.17) is 11.6 Å². The zero-order valence-corrected chi connectivity index (χ0v) is 17.2. The first kappa shape index (κ1) is 19.1. The Morgan fingerprint density at radius 2 is 1.66 bits per heavy atom. The third kappa shape index (κ3) is 3.70. The van der Waals surface area contributed by atoms with Crippen molar-refractivity contribution in [3.05, 3.63) is 106 Å². The summed E-state index contributed by atoms with van der Waals surface area (Å²) in [5, 5.41) is 11.7. The summed E-state index contributed by atoms with van der Waals surface area (Å²) in [6.07, 6.45) is 2.01. The molecule has 0 amide bonds. The summed E-state index contributed by atoms with van der Waals surface area (Å²) in [6.45, 7) is 4.84. The number of benzene rings is 3. The van der Waals surface area contributed by atoms with Gasteiger partial charge in [0, 0.05) is 33.7 Å². The summed E-state index contributed by atoms with van der Waals surface area (Å²) in [4.78, 5) is 0. The molecule has 0 aliphatic rings. The van der Waals surface area contributed by atoms with Gasteiger partial charge in [0.1, 0.15) is 0 Å². The molecule has 0 aliphatic heterocycles. The minimum absolute atomic E-state index is 0.661. The van der Waals surface area contributed by atoms with Crippen molar-refractivity contribution >= 4 is 34.2 Å². The van der Waals surface area contributed by atoms with E-state index in [2.05, 4.69) is 35.8 Å². The molecule has 2 nitrogen and oxygen atoms in total. The minimum atomic E-state index is 0.661. The van der Waals surface area contributed by atoms with Gasteiger partial charge in [0.05, 0.1) is 11.6 Å². The number of hydrogen-bond donors (Lipinski definition) is 0. The van der Waals surface area contributed by atoms with Crippen LogP contribution in [-0.2, 0) is 6.54 Å². The lowest BCUT2D eigenvalue weighted by Crippen LogP contribution is -2.02. The Balaban J connectivity index is 1.87. The zero-order valence-electron chi connectivity index (χ0n) is 16.5. The predicted molar refractivity (Wildman–Crippen MR) is 122 cm³/mol. The fourth-order valence-corrected chi connectivity index (χ4v) is 3.89. The second kappa shape index (κ2) is 7.99. The highest BCUT2D eigenvalue weighted by Gasteiger charge is 2.14. The molecule has 1 heterocycles. The molecule has 0 N–H and O–H groups in total. The van der Waals surface area contributed by atoms with E-state index in [1.54, 1.807) is 0 Å². The zero-order chi connectivity index (χ0) is 20.4. The van der Waals surface area contributed by atoms with Gasteiger partial charge in [-0.05, 0) is 43.2 Å². The van der Waals surface area contributed by atoms with Crippen LogP contribution in [0.15, 0.2) is 72.8 Å². The highest BCUT2D eigenvalue weighted by atomic mass is 35.5. The third-order valence-corrected chi connectivity index (χ3v) is 5.71. The van der Waals surface area contributed by atoms with Crippen molar-refractivity contribution in [3.63, 3.8) is 0 Å². The van der Waals surface area contributed by atoms with Gasteiger partial charge >= 0.3 is 0 Å². The van der Waals surface area contributed by atoms with E-state index in [0.717, 1.165) is 38.3 Å². The van der Waals surface area contributed by atoms with Crippen LogP contribution in [0.25, 0.3) is 22.6 Å². The molecule has 3 heteroatoms. The van der Waals surface area contributed by atoms with Gasteiger partial charge in [-0.15, -0.1) is 0 Å². The maximum Gasteiger partial charge on any atom is 0.0998 e. The number of rotatable bonds is 4. The number of allylic oxidation sites excluding steroid dienone is 1. The van der Waals surface area contributed by atoms with Gasteiger partial charge in [-0.3, -0.25) is 0 Å². The van der Waals surface area contributed by atoms with E-state index in [1.807, 2.05) is 67.6 Å². The molecule has 0 spiro atoms. The highest BCUT2D eigenvalue weighted by Crippen LogP contribution is 2.31. The summed E-state index contributed by atoms with van der Waals surface area (Å²) < 4.78 is 2.27. The Morgan fingerprint density at radius 1 is 0.966 bits per heavy atom. The molecule has 0 aliphatic carbocycles. The molecule has 0 bridgehead atoms. The van der Waals surface area contributed by atoms with E-state index in [-0.39, 0.29) is 0 Å². The first-order valence-electron chi connectivity index (χ1n) is 9.58. The van der Waals surface area contributed by atoms with Crippen LogP contribution in [0.4, 0.5) is 0 Å². The minimum Gasteiger partial charge on any atom is -0.340 e. The van der Waals surface area contributed by atoms with Crippen LogP contribution < -0.4 is 0 Å². The highest BCUT2D eigenvalue weighted by molar-refractivity contribution is 6.31. The summed E-state index contributed by atoms with van der Waals surface area (Å²) in [6, 6.07) is 26.7. The first-order valence-corrected chi connectivity index (χ1v) is 9.96. The molecule has 0 radical (unpaired) electrons. The standard InChI is InChI=1S/C26H21ClN2/c1-18-11-13-20(14-12-18)22(16-28)15-24-19(2)29(26-10-6-4-8-23(24)26)17-21-7-3-5-9-25(21)27/h3-15H,17H2,1-2H3/b22-15-. The summed E-state index contributed by atoms with van der Waals surface area (Å²) in [7, 11) is 0. The lowest BCUT2D eigenvalue weighted by atomic mass is 10.0. The van der Waals surface area contributed by atoms with Crippen molar-refractivity contribution in [1.29, 1.82) is 5.26 Å². The molecule has 142 valence electrons. The molecular formula is C26H21ClN2. The Hall–Kier alpha value is -3.28. The molecule has 1 aromatic heterocycles. The van der Waals surface area contributed by atoms with Crippen LogP contribution in [0.5, 0.6) is 0 Å². The van der Waals surface area contributed by atoms with Crippen LogP contribution in [0.1, 0.15) is 27.9 Å². The average molecular weight is 397 g/mol. The van der Waals surface area contributed by atoms with Crippen LogP contribution in [0.2, 0.25) is 5.02 Å². The van der Waals surface area contributed by atoms with Crippen molar-refractivity contribution in [1.82, 2.24) is 4.57 Å². The molecule has 0 fully saturated rings. The van der Waals surface area contributed by atoms with Gasteiger partial charge < -0.3 is 4.57 Å². The number of fused-ring (bicyclic) bond motifs is 1. The number of hydrogen-bond acceptors (Lipinski definition) is 1. The molecule has 4 aromatic rings. The van der Waals surface area contributed by atoms with Gasteiger partial charge in [0.25, 0.3) is 0 Å². The van der Waals surface area contributed by atoms with Crippen LogP contribution >= 0.6 is 11.6 Å². The van der Waals surface area contributed by atoms with Crippen molar-refractivity contribution in [2.75, 3.05) is 0 Å². The fraction of sp³-hybridized carbons (Fsp3) is 0.115. The number of para-hydroxylation sites is 1. The summed E-state index contributed by atoms with van der Waals surface area (Å²) in [5.41, 5.74) is 7.17. The Labute approximate surface area is 176 Å². The van der Waals surface area contributed by atoms with E-state index >= 15 is 0 Å². The van der Waals surface area contributed by atoms with Gasteiger partial charge in [0.2, 0.25) is 0 Å². The van der Waals surface area contributed by atoms with Crippen LogP contribution in [0.3, 0.4) is 0 Å². The van der Waals surface area contributed by atoms with Crippen molar-refractivity contribution in [3.8, 4) is 6.07 Å². The first-order chi connectivity index (χ1) is 14.1. The van der Waals surface area contributed by atoms with E-state index < -0.39 is 0 Å². The van der Waals surface area contributed by atoms with Gasteiger partial charge in [-0.2, -0.15) is 5.26 Å². The average Bonchev–Trinajstić information content (AvgIpc) is 3.00. The quantitative estimate of drug-likeness (QED) is 0.340. The SMILES string of the molecule is Cc1ccc(/C(C#N)=C\c2c(C)n(Cc3ccccc3Cl)c3ccccc23)cc1. The van der Waals surface area contributed by atoms with Gasteiger partial charge in [-0.25, -0.2) is 0 Å². The van der Waals surface area contributed by atoms with Crippen LogP contribution in [-0.4, -0.2) is 4.57 Å². The molecule has 29 heavy (non-hydrogen) atoms. The maximum atomic E-state index is 9.81. The van der Waals surface area contributed by atoms with Gasteiger partial charge in [-0.1, -0.05) is 77.8 Å². The molecule has 3 aromatic carbocycles. The predicted octanol–water partition coefficient (Wildman–Crippen LogP) is 7.02. The van der Waals surface area contributed by atoms with Crippen molar-refractivity contribution < 1.29 is 0 Å². The number of nitriles is 1. The van der Waals surface area contributed by atoms with Crippen molar-refractivity contribution in [2.45, 2.75) is 20.4 Å². The number of halogens is 1. The smallest absolute Gasteiger partial charge is 0.0998 e. The largest absolute Gasteiger partial charge is 0.340 e.